The largest absolute Gasteiger partial charge is 0.494 e. The van der Waals surface area contributed by atoms with E-state index in [0.29, 0.717) is 26.4 Å². The summed E-state index contributed by atoms with van der Waals surface area (Å²) < 4.78 is 11.7. The second-order valence-electron chi connectivity index (χ2n) is 9.32. The van der Waals surface area contributed by atoms with E-state index in [9.17, 15) is 0 Å². The number of ether oxygens (including phenoxy) is 2. The third kappa shape index (κ3) is 15.1. The summed E-state index contributed by atoms with van der Waals surface area (Å²) in [6, 6.07) is 16.7. The van der Waals surface area contributed by atoms with Gasteiger partial charge in [-0.3, -0.25) is 0 Å². The zero-order valence-corrected chi connectivity index (χ0v) is 22.1. The van der Waals surface area contributed by atoms with E-state index in [1.165, 1.54) is 24.0 Å². The van der Waals surface area contributed by atoms with Crippen molar-refractivity contribution in [3.05, 3.63) is 59.7 Å². The molecule has 36 heavy (non-hydrogen) atoms. The van der Waals surface area contributed by atoms with Gasteiger partial charge in [-0.15, -0.1) is 0 Å². The van der Waals surface area contributed by atoms with Crippen LogP contribution in [-0.2, 0) is 13.1 Å². The first-order valence-corrected chi connectivity index (χ1v) is 13.9. The second-order valence-corrected chi connectivity index (χ2v) is 9.32. The summed E-state index contributed by atoms with van der Waals surface area (Å²) in [5, 5.41) is 24.5. The van der Waals surface area contributed by atoms with Gasteiger partial charge in [-0.25, -0.2) is 0 Å². The molecular formula is C30H48N2O4. The number of benzene rings is 2. The van der Waals surface area contributed by atoms with Gasteiger partial charge in [0.2, 0.25) is 0 Å². The van der Waals surface area contributed by atoms with E-state index in [4.69, 9.17) is 19.7 Å². The van der Waals surface area contributed by atoms with E-state index in [0.717, 1.165) is 89.0 Å². The Kier molecular flexibility index (Phi) is 17.6. The molecular weight excluding hydrogens is 452 g/mol. The lowest BCUT2D eigenvalue weighted by atomic mass is 10.2. The first-order chi connectivity index (χ1) is 17.8. The highest BCUT2D eigenvalue weighted by Crippen LogP contribution is 2.14. The van der Waals surface area contributed by atoms with Crippen LogP contribution in [0, 0.1) is 0 Å². The summed E-state index contributed by atoms with van der Waals surface area (Å²) in [5.74, 6) is 1.83. The number of rotatable bonds is 23. The van der Waals surface area contributed by atoms with Gasteiger partial charge >= 0.3 is 0 Å². The first-order valence-electron chi connectivity index (χ1n) is 13.9. The van der Waals surface area contributed by atoms with Crippen molar-refractivity contribution >= 4 is 0 Å². The molecule has 2 aromatic rings. The topological polar surface area (TPSA) is 83.0 Å². The maximum Gasteiger partial charge on any atom is 0.119 e. The third-order valence-corrected chi connectivity index (χ3v) is 6.10. The fourth-order valence-electron chi connectivity index (χ4n) is 3.89. The van der Waals surface area contributed by atoms with Crippen LogP contribution in [0.15, 0.2) is 48.5 Å². The molecule has 0 unspecified atom stereocenters. The lowest BCUT2D eigenvalue weighted by Crippen LogP contribution is -2.14. The Labute approximate surface area is 218 Å². The molecule has 0 heterocycles. The van der Waals surface area contributed by atoms with Crippen molar-refractivity contribution in [2.24, 2.45) is 0 Å². The Hall–Kier alpha value is -2.12. The molecule has 0 bridgehead atoms. The average molecular weight is 501 g/mol. The van der Waals surface area contributed by atoms with Crippen LogP contribution < -0.4 is 20.1 Å². The average Bonchev–Trinajstić information content (AvgIpc) is 2.91. The normalized spacial score (nSPS) is 11.1. The van der Waals surface area contributed by atoms with Gasteiger partial charge in [0.15, 0.2) is 0 Å². The molecule has 0 radical (unpaired) electrons. The van der Waals surface area contributed by atoms with E-state index in [2.05, 4.69) is 34.9 Å². The van der Waals surface area contributed by atoms with Crippen molar-refractivity contribution in [1.82, 2.24) is 10.6 Å². The number of nitrogens with one attached hydrogen (secondary N) is 2. The molecule has 0 aliphatic carbocycles. The number of hydrogen-bond acceptors (Lipinski definition) is 6. The van der Waals surface area contributed by atoms with Crippen molar-refractivity contribution in [3.63, 3.8) is 0 Å². The summed E-state index contributed by atoms with van der Waals surface area (Å²) in [7, 11) is 0. The molecule has 0 fully saturated rings. The minimum absolute atomic E-state index is 0.303. The zero-order chi connectivity index (χ0) is 25.5. The van der Waals surface area contributed by atoms with Gasteiger partial charge in [0.25, 0.3) is 0 Å². The van der Waals surface area contributed by atoms with Gasteiger partial charge in [0.1, 0.15) is 11.5 Å². The molecule has 0 spiro atoms. The SMILES string of the molecule is OCCCCCCNCc1ccc(OCCCCOc2ccc(CNCCCCCCO)cc2)cc1. The molecule has 0 aliphatic heterocycles. The highest BCUT2D eigenvalue weighted by atomic mass is 16.5. The van der Waals surface area contributed by atoms with Crippen LogP contribution in [0.5, 0.6) is 11.5 Å². The molecule has 6 heteroatoms. The fourth-order valence-corrected chi connectivity index (χ4v) is 3.89. The van der Waals surface area contributed by atoms with Gasteiger partial charge in [-0.05, 0) is 87.0 Å². The van der Waals surface area contributed by atoms with Crippen LogP contribution in [-0.4, -0.2) is 49.7 Å². The van der Waals surface area contributed by atoms with Gasteiger partial charge in [0, 0.05) is 26.3 Å². The highest BCUT2D eigenvalue weighted by molar-refractivity contribution is 5.28. The van der Waals surface area contributed by atoms with Crippen LogP contribution in [0.3, 0.4) is 0 Å². The van der Waals surface area contributed by atoms with Crippen molar-refractivity contribution < 1.29 is 19.7 Å². The van der Waals surface area contributed by atoms with E-state index in [1.807, 2.05) is 24.3 Å². The predicted molar refractivity (Wildman–Crippen MR) is 148 cm³/mol. The van der Waals surface area contributed by atoms with E-state index in [1.54, 1.807) is 0 Å². The van der Waals surface area contributed by atoms with Crippen LogP contribution in [0.1, 0.15) is 75.3 Å². The van der Waals surface area contributed by atoms with Crippen LogP contribution >= 0.6 is 0 Å². The minimum Gasteiger partial charge on any atom is -0.494 e. The molecule has 2 rings (SSSR count). The Balaban J connectivity index is 1.46. The summed E-state index contributed by atoms with van der Waals surface area (Å²) in [6.07, 6.45) is 10.6. The number of unbranched alkanes of at least 4 members (excludes halogenated alkanes) is 7. The number of aliphatic hydroxyl groups is 2. The summed E-state index contributed by atoms with van der Waals surface area (Å²) in [5.41, 5.74) is 2.53. The van der Waals surface area contributed by atoms with Crippen molar-refractivity contribution in [1.29, 1.82) is 0 Å². The molecule has 0 aromatic heterocycles. The lowest BCUT2D eigenvalue weighted by Gasteiger charge is -2.10. The third-order valence-electron chi connectivity index (χ3n) is 6.10. The molecule has 0 atom stereocenters. The fraction of sp³-hybridized carbons (Fsp3) is 0.600. The zero-order valence-electron chi connectivity index (χ0n) is 22.1. The Bertz CT molecular complexity index is 687. The van der Waals surface area contributed by atoms with Crippen LogP contribution in [0.4, 0.5) is 0 Å². The lowest BCUT2D eigenvalue weighted by molar-refractivity contribution is 0.266. The Morgan fingerprint density at radius 2 is 0.861 bits per heavy atom. The number of hydrogen-bond donors (Lipinski definition) is 4. The Morgan fingerprint density at radius 1 is 0.472 bits per heavy atom. The van der Waals surface area contributed by atoms with Gasteiger partial charge in [-0.2, -0.15) is 0 Å². The maximum absolute atomic E-state index is 8.79. The summed E-state index contributed by atoms with van der Waals surface area (Å²) in [4.78, 5) is 0. The van der Waals surface area contributed by atoms with Crippen molar-refractivity contribution in [2.75, 3.05) is 39.5 Å². The molecule has 6 nitrogen and oxygen atoms in total. The van der Waals surface area contributed by atoms with E-state index in [-0.39, 0.29) is 0 Å². The molecule has 202 valence electrons. The van der Waals surface area contributed by atoms with Gasteiger partial charge < -0.3 is 30.3 Å². The molecule has 2 aromatic carbocycles. The van der Waals surface area contributed by atoms with Gasteiger partial charge in [-0.1, -0.05) is 49.9 Å². The predicted octanol–water partition coefficient (Wildman–Crippen LogP) is 5.21. The standard InChI is InChI=1S/C30H48N2O4/c33-21-7-3-1-5-19-31-25-27-11-15-29(16-12-27)35-23-9-10-24-36-30-17-13-28(14-18-30)26-32-20-6-2-4-8-22-34/h11-18,31-34H,1-10,19-26H2. The first kappa shape index (κ1) is 30.1. The summed E-state index contributed by atoms with van der Waals surface area (Å²) >= 11 is 0. The molecule has 0 aliphatic rings. The smallest absolute Gasteiger partial charge is 0.119 e. The highest BCUT2D eigenvalue weighted by Gasteiger charge is 1.99. The summed E-state index contributed by atoms with van der Waals surface area (Å²) in [6.45, 7) is 5.77. The number of aliphatic hydroxyl groups excluding tert-OH is 2. The molecule has 0 saturated carbocycles. The Morgan fingerprint density at radius 3 is 1.25 bits per heavy atom. The minimum atomic E-state index is 0.303. The van der Waals surface area contributed by atoms with E-state index < -0.39 is 0 Å². The van der Waals surface area contributed by atoms with Crippen molar-refractivity contribution in [2.45, 2.75) is 77.3 Å². The monoisotopic (exact) mass is 500 g/mol. The van der Waals surface area contributed by atoms with Crippen LogP contribution in [0.25, 0.3) is 0 Å². The maximum atomic E-state index is 8.79. The second kappa shape index (κ2) is 21.0. The molecule has 0 amide bonds. The molecule has 0 saturated heterocycles. The quantitative estimate of drug-likeness (QED) is 0.157. The van der Waals surface area contributed by atoms with Gasteiger partial charge in [0.05, 0.1) is 13.2 Å². The van der Waals surface area contributed by atoms with Crippen molar-refractivity contribution in [3.8, 4) is 11.5 Å². The van der Waals surface area contributed by atoms with E-state index >= 15 is 0 Å². The van der Waals surface area contributed by atoms with Crippen LogP contribution in [0.2, 0.25) is 0 Å². The molecule has 4 N–H and O–H groups in total.